The Morgan fingerprint density at radius 2 is 2.00 bits per heavy atom. The van der Waals surface area contributed by atoms with Crippen molar-refractivity contribution in [2.45, 2.75) is 58.0 Å². The maximum Gasteiger partial charge on any atom is 0.258 e. The first kappa shape index (κ1) is 19.6. The average Bonchev–Trinajstić information content (AvgIpc) is 3.15. The zero-order valence-electron chi connectivity index (χ0n) is 15.3. The number of ether oxygens (including phenoxy) is 3. The summed E-state index contributed by atoms with van der Waals surface area (Å²) in [4.78, 5) is 11.8. The number of carbonyl (C=O) groups excluding carboxylic acids is 1. The van der Waals surface area contributed by atoms with Crippen LogP contribution in [0.15, 0.2) is 24.3 Å². The smallest absolute Gasteiger partial charge is 0.258 e. The Labute approximate surface area is 151 Å². The molecule has 1 aliphatic rings. The zero-order chi connectivity index (χ0) is 17.7. The van der Waals surface area contributed by atoms with E-state index in [1.165, 1.54) is 25.7 Å². The van der Waals surface area contributed by atoms with Gasteiger partial charge in [-0.05, 0) is 31.4 Å². The maximum absolute atomic E-state index is 11.8. The van der Waals surface area contributed by atoms with E-state index < -0.39 is 0 Å². The first-order valence-corrected chi connectivity index (χ1v) is 9.52. The van der Waals surface area contributed by atoms with Crippen LogP contribution in [0.5, 0.6) is 11.5 Å². The number of unbranched alkanes of at least 4 members (excludes halogenated alkanes) is 4. The molecular formula is C20H31NO4. The van der Waals surface area contributed by atoms with Gasteiger partial charge in [-0.1, -0.05) is 38.7 Å². The average molecular weight is 349 g/mol. The summed E-state index contributed by atoms with van der Waals surface area (Å²) < 4.78 is 16.8. The lowest BCUT2D eigenvalue weighted by Crippen LogP contribution is -2.35. The first-order valence-electron chi connectivity index (χ1n) is 9.52. The highest BCUT2D eigenvalue weighted by atomic mass is 16.5. The van der Waals surface area contributed by atoms with Gasteiger partial charge in [0.15, 0.2) is 6.61 Å². The Balaban J connectivity index is 1.61. The molecule has 5 heteroatoms. The van der Waals surface area contributed by atoms with Crippen molar-refractivity contribution in [3.63, 3.8) is 0 Å². The van der Waals surface area contributed by atoms with Gasteiger partial charge in [0.25, 0.3) is 5.91 Å². The number of hydrogen-bond acceptors (Lipinski definition) is 4. The molecule has 140 valence electrons. The molecule has 0 radical (unpaired) electrons. The van der Waals surface area contributed by atoms with E-state index in [0.717, 1.165) is 38.2 Å². The van der Waals surface area contributed by atoms with Crippen LogP contribution >= 0.6 is 0 Å². The Bertz CT molecular complexity index is 500. The summed E-state index contributed by atoms with van der Waals surface area (Å²) in [5.41, 5.74) is 0. The molecule has 1 unspecified atom stereocenters. The third kappa shape index (κ3) is 8.25. The van der Waals surface area contributed by atoms with Crippen LogP contribution in [-0.2, 0) is 9.53 Å². The van der Waals surface area contributed by atoms with Crippen LogP contribution in [0.2, 0.25) is 0 Å². The van der Waals surface area contributed by atoms with Crippen molar-refractivity contribution in [3.05, 3.63) is 24.3 Å². The minimum atomic E-state index is -0.127. The molecule has 0 aliphatic carbocycles. The largest absolute Gasteiger partial charge is 0.493 e. The molecule has 5 nitrogen and oxygen atoms in total. The lowest BCUT2D eigenvalue weighted by atomic mass is 10.2. The zero-order valence-corrected chi connectivity index (χ0v) is 15.3. The van der Waals surface area contributed by atoms with Crippen molar-refractivity contribution in [1.82, 2.24) is 5.32 Å². The Kier molecular flexibility index (Phi) is 9.19. The van der Waals surface area contributed by atoms with Gasteiger partial charge >= 0.3 is 0 Å². The second-order valence-corrected chi connectivity index (χ2v) is 6.47. The fourth-order valence-electron chi connectivity index (χ4n) is 2.78. The van der Waals surface area contributed by atoms with Gasteiger partial charge in [0, 0.05) is 19.2 Å². The van der Waals surface area contributed by atoms with Crippen LogP contribution in [0.1, 0.15) is 51.9 Å². The van der Waals surface area contributed by atoms with E-state index in [9.17, 15) is 4.79 Å². The standard InChI is InChI=1S/C20H31NO4/c1-2-3-4-5-6-12-23-17-9-7-10-18(14-17)25-16-20(22)21-15-19-11-8-13-24-19/h7,9-10,14,19H,2-6,8,11-13,15-16H2,1H3,(H,21,22). The van der Waals surface area contributed by atoms with Crippen molar-refractivity contribution in [2.75, 3.05) is 26.4 Å². The summed E-state index contributed by atoms with van der Waals surface area (Å²) in [6, 6.07) is 7.46. The minimum absolute atomic E-state index is 0.00713. The minimum Gasteiger partial charge on any atom is -0.493 e. The van der Waals surface area contributed by atoms with Crippen LogP contribution in [0.4, 0.5) is 0 Å². The third-order valence-corrected chi connectivity index (χ3v) is 4.24. The van der Waals surface area contributed by atoms with Gasteiger partial charge in [-0.3, -0.25) is 4.79 Å². The van der Waals surface area contributed by atoms with Gasteiger partial charge in [-0.15, -0.1) is 0 Å². The molecule has 1 aromatic carbocycles. The maximum atomic E-state index is 11.8. The number of hydrogen-bond donors (Lipinski definition) is 1. The second-order valence-electron chi connectivity index (χ2n) is 6.47. The van der Waals surface area contributed by atoms with Gasteiger partial charge in [0.05, 0.1) is 12.7 Å². The lowest BCUT2D eigenvalue weighted by molar-refractivity contribution is -0.123. The third-order valence-electron chi connectivity index (χ3n) is 4.24. The van der Waals surface area contributed by atoms with Gasteiger partial charge in [-0.2, -0.15) is 0 Å². The molecule has 0 bridgehead atoms. The van der Waals surface area contributed by atoms with Gasteiger partial charge in [0.1, 0.15) is 11.5 Å². The highest BCUT2D eigenvalue weighted by molar-refractivity contribution is 5.77. The highest BCUT2D eigenvalue weighted by Crippen LogP contribution is 2.20. The summed E-state index contributed by atoms with van der Waals surface area (Å²) in [6.07, 6.45) is 8.31. The summed E-state index contributed by atoms with van der Waals surface area (Å²) in [6.45, 7) is 4.29. The molecule has 1 aromatic rings. The summed E-state index contributed by atoms with van der Waals surface area (Å²) >= 11 is 0. The van der Waals surface area contributed by atoms with Crippen LogP contribution in [-0.4, -0.2) is 38.4 Å². The quantitative estimate of drug-likeness (QED) is 0.585. The van der Waals surface area contributed by atoms with E-state index >= 15 is 0 Å². The number of nitrogens with one attached hydrogen (secondary N) is 1. The van der Waals surface area contributed by atoms with Crippen LogP contribution < -0.4 is 14.8 Å². The van der Waals surface area contributed by atoms with Crippen molar-refractivity contribution >= 4 is 5.91 Å². The fourth-order valence-corrected chi connectivity index (χ4v) is 2.78. The molecular weight excluding hydrogens is 318 g/mol. The molecule has 1 heterocycles. The molecule has 1 aliphatic heterocycles. The summed E-state index contributed by atoms with van der Waals surface area (Å²) in [5, 5.41) is 2.85. The number of benzene rings is 1. The molecule has 25 heavy (non-hydrogen) atoms. The Morgan fingerprint density at radius 1 is 1.20 bits per heavy atom. The lowest BCUT2D eigenvalue weighted by Gasteiger charge is -2.12. The van der Waals surface area contributed by atoms with Crippen LogP contribution in [0.25, 0.3) is 0 Å². The normalized spacial score (nSPS) is 16.6. The van der Waals surface area contributed by atoms with Gasteiger partial charge in [-0.25, -0.2) is 0 Å². The monoisotopic (exact) mass is 349 g/mol. The first-order chi connectivity index (χ1) is 12.3. The van der Waals surface area contributed by atoms with E-state index in [0.29, 0.717) is 12.3 Å². The van der Waals surface area contributed by atoms with E-state index in [-0.39, 0.29) is 18.6 Å². The van der Waals surface area contributed by atoms with Gasteiger partial charge < -0.3 is 19.5 Å². The predicted molar refractivity (Wildman–Crippen MR) is 98.2 cm³/mol. The second kappa shape index (κ2) is 11.7. The number of amides is 1. The Hall–Kier alpha value is -1.75. The highest BCUT2D eigenvalue weighted by Gasteiger charge is 2.16. The SMILES string of the molecule is CCCCCCCOc1cccc(OCC(=O)NCC2CCCO2)c1. The number of rotatable bonds is 12. The topological polar surface area (TPSA) is 56.8 Å². The van der Waals surface area contributed by atoms with E-state index in [2.05, 4.69) is 12.2 Å². The van der Waals surface area contributed by atoms with E-state index in [1.54, 1.807) is 0 Å². The van der Waals surface area contributed by atoms with Gasteiger partial charge in [0.2, 0.25) is 0 Å². The van der Waals surface area contributed by atoms with Crippen LogP contribution in [0, 0.1) is 0 Å². The van der Waals surface area contributed by atoms with Crippen molar-refractivity contribution < 1.29 is 19.0 Å². The molecule has 1 N–H and O–H groups in total. The fraction of sp³-hybridized carbons (Fsp3) is 0.650. The van der Waals surface area contributed by atoms with Crippen molar-refractivity contribution in [3.8, 4) is 11.5 Å². The van der Waals surface area contributed by atoms with E-state index in [4.69, 9.17) is 14.2 Å². The van der Waals surface area contributed by atoms with Crippen LogP contribution in [0.3, 0.4) is 0 Å². The molecule has 0 aromatic heterocycles. The molecule has 0 saturated carbocycles. The molecule has 1 amide bonds. The molecule has 2 rings (SSSR count). The summed E-state index contributed by atoms with van der Waals surface area (Å²) in [7, 11) is 0. The van der Waals surface area contributed by atoms with Crippen molar-refractivity contribution in [2.24, 2.45) is 0 Å². The Morgan fingerprint density at radius 3 is 2.76 bits per heavy atom. The molecule has 1 atom stereocenters. The molecule has 1 fully saturated rings. The molecule has 0 spiro atoms. The number of carbonyl (C=O) groups is 1. The summed E-state index contributed by atoms with van der Waals surface area (Å²) in [5.74, 6) is 1.31. The molecule has 1 saturated heterocycles. The predicted octanol–water partition coefficient (Wildman–Crippen LogP) is 3.71. The van der Waals surface area contributed by atoms with Crippen molar-refractivity contribution in [1.29, 1.82) is 0 Å². The van der Waals surface area contributed by atoms with E-state index in [1.807, 2.05) is 24.3 Å².